The van der Waals surface area contributed by atoms with Crippen molar-refractivity contribution in [1.82, 2.24) is 0 Å². The van der Waals surface area contributed by atoms with Gasteiger partial charge in [-0.25, -0.2) is 4.57 Å². The summed E-state index contributed by atoms with van der Waals surface area (Å²) >= 11 is 0. The van der Waals surface area contributed by atoms with E-state index in [4.69, 9.17) is 14.0 Å². The van der Waals surface area contributed by atoms with Crippen molar-refractivity contribution >= 4 is 7.82 Å². The highest BCUT2D eigenvalue weighted by molar-refractivity contribution is 7.47. The molecule has 2 aliphatic heterocycles. The summed E-state index contributed by atoms with van der Waals surface area (Å²) in [5, 5.41) is 9.43. The van der Waals surface area contributed by atoms with Crippen LogP contribution in [0.5, 0.6) is 0 Å². The fraction of sp³-hybridized carbons (Fsp3) is 1.00. The van der Waals surface area contributed by atoms with Gasteiger partial charge >= 0.3 is 7.82 Å². The minimum absolute atomic E-state index is 0.138. The van der Waals surface area contributed by atoms with E-state index >= 15 is 0 Å². The second-order valence-electron chi connectivity index (χ2n) is 4.40. The van der Waals surface area contributed by atoms with Crippen LogP contribution >= 0.6 is 7.82 Å². The molecular formula is C9H17O7P. The molecule has 0 aliphatic carbocycles. The zero-order valence-corrected chi connectivity index (χ0v) is 10.6. The number of phosphoric ester groups is 1. The lowest BCUT2D eigenvalue weighted by Crippen LogP contribution is -2.53. The third-order valence-corrected chi connectivity index (χ3v) is 4.29. The monoisotopic (exact) mass is 268 g/mol. The van der Waals surface area contributed by atoms with Gasteiger partial charge in [0.1, 0.15) is 11.7 Å². The molecule has 2 bridgehead atoms. The Morgan fingerprint density at radius 1 is 1.59 bits per heavy atom. The summed E-state index contributed by atoms with van der Waals surface area (Å²) in [6.07, 6.45) is -0.904. The molecule has 2 aliphatic rings. The maximum absolute atomic E-state index is 11.5. The Morgan fingerprint density at radius 3 is 2.88 bits per heavy atom. The summed E-state index contributed by atoms with van der Waals surface area (Å²) in [5.74, 6) is -0.188. The first-order valence-corrected chi connectivity index (χ1v) is 6.87. The van der Waals surface area contributed by atoms with Crippen molar-refractivity contribution in [3.8, 4) is 0 Å². The van der Waals surface area contributed by atoms with Crippen molar-refractivity contribution in [2.45, 2.75) is 24.7 Å². The van der Waals surface area contributed by atoms with Crippen LogP contribution in [0.3, 0.4) is 0 Å². The molecular weight excluding hydrogens is 251 g/mol. The van der Waals surface area contributed by atoms with Crippen LogP contribution in [0, 0.1) is 5.92 Å². The lowest BCUT2D eigenvalue weighted by atomic mass is 9.88. The molecule has 2 unspecified atom stereocenters. The molecule has 5 atom stereocenters. The number of hydrogen-bond donors (Lipinski definition) is 2. The number of aliphatic hydroxyl groups excluding tert-OH is 1. The first-order valence-electron chi connectivity index (χ1n) is 5.37. The molecule has 8 heteroatoms. The topological polar surface area (TPSA) is 94.5 Å². The fourth-order valence-electron chi connectivity index (χ4n) is 2.40. The summed E-state index contributed by atoms with van der Waals surface area (Å²) in [5.41, 5.74) is -1.07. The molecule has 0 amide bonds. The predicted molar refractivity (Wildman–Crippen MR) is 56.4 cm³/mol. The standard InChI is InChI=1S/C9H17O7P/c1-6-7-3-14-5-9(4-10,15-6)8(7)16-17(11,12)13-2/h6-8,10H,3-5H2,1-2H3,(H,11,12)/t6-,7+,8?,9-/m0/s1. The van der Waals surface area contributed by atoms with Crippen LogP contribution in [0.4, 0.5) is 0 Å². The molecule has 7 nitrogen and oxygen atoms in total. The molecule has 0 spiro atoms. The number of rotatable bonds is 4. The number of aliphatic hydroxyl groups is 1. The Kier molecular flexibility index (Phi) is 3.62. The van der Waals surface area contributed by atoms with Gasteiger partial charge < -0.3 is 19.5 Å². The molecule has 0 aromatic rings. The molecule has 2 saturated heterocycles. The minimum atomic E-state index is -4.11. The summed E-state index contributed by atoms with van der Waals surface area (Å²) in [7, 11) is -3.01. The largest absolute Gasteiger partial charge is 0.472 e. The van der Waals surface area contributed by atoms with Crippen molar-refractivity contribution < 1.29 is 33.1 Å². The zero-order chi connectivity index (χ0) is 12.7. The average Bonchev–Trinajstić information content (AvgIpc) is 2.46. The van der Waals surface area contributed by atoms with Crippen LogP contribution in [0.2, 0.25) is 0 Å². The Labute approximate surface area is 99.2 Å². The smallest absolute Gasteiger partial charge is 0.393 e. The number of ether oxygens (including phenoxy) is 2. The van der Waals surface area contributed by atoms with Crippen LogP contribution in [0.1, 0.15) is 6.92 Å². The van der Waals surface area contributed by atoms with E-state index in [0.29, 0.717) is 6.61 Å². The molecule has 17 heavy (non-hydrogen) atoms. The van der Waals surface area contributed by atoms with E-state index in [1.165, 1.54) is 0 Å². The van der Waals surface area contributed by atoms with Gasteiger partial charge in [0.05, 0.1) is 25.9 Å². The van der Waals surface area contributed by atoms with Crippen molar-refractivity contribution in [1.29, 1.82) is 0 Å². The molecule has 0 radical (unpaired) electrons. The first kappa shape index (κ1) is 13.4. The van der Waals surface area contributed by atoms with E-state index in [9.17, 15) is 14.6 Å². The van der Waals surface area contributed by atoms with Crippen LogP contribution in [0.15, 0.2) is 0 Å². The maximum atomic E-state index is 11.5. The van der Waals surface area contributed by atoms with Crippen LogP contribution in [-0.2, 0) is 23.1 Å². The Balaban J connectivity index is 2.22. The van der Waals surface area contributed by atoms with E-state index < -0.39 is 19.5 Å². The lowest BCUT2D eigenvalue weighted by molar-refractivity contribution is -0.153. The summed E-state index contributed by atoms with van der Waals surface area (Å²) in [6, 6.07) is 0. The molecule has 0 saturated carbocycles. The molecule has 0 aromatic carbocycles. The van der Waals surface area contributed by atoms with E-state index in [0.717, 1.165) is 7.11 Å². The van der Waals surface area contributed by atoms with Gasteiger partial charge in [-0.1, -0.05) is 0 Å². The predicted octanol–water partition coefficient (Wildman–Crippen LogP) is -0.0854. The second-order valence-corrected chi connectivity index (χ2v) is 5.92. The van der Waals surface area contributed by atoms with Crippen LogP contribution in [-0.4, -0.2) is 54.7 Å². The number of fused-ring (bicyclic) bond motifs is 2. The second kappa shape index (κ2) is 4.59. The van der Waals surface area contributed by atoms with Crippen molar-refractivity contribution in [3.63, 3.8) is 0 Å². The van der Waals surface area contributed by atoms with E-state index in [1.54, 1.807) is 0 Å². The third-order valence-electron chi connectivity index (χ3n) is 3.33. The highest BCUT2D eigenvalue weighted by Gasteiger charge is 2.59. The van der Waals surface area contributed by atoms with Gasteiger partial charge in [0.25, 0.3) is 0 Å². The minimum Gasteiger partial charge on any atom is -0.393 e. The van der Waals surface area contributed by atoms with Gasteiger partial charge in [-0.15, -0.1) is 0 Å². The van der Waals surface area contributed by atoms with Crippen LogP contribution in [0.25, 0.3) is 0 Å². The van der Waals surface area contributed by atoms with Gasteiger partial charge in [0.15, 0.2) is 0 Å². The average molecular weight is 268 g/mol. The number of phosphoric acid groups is 1. The third kappa shape index (κ3) is 2.29. The van der Waals surface area contributed by atoms with Gasteiger partial charge in [-0.05, 0) is 6.92 Å². The fourth-order valence-corrected chi connectivity index (χ4v) is 3.12. The molecule has 2 fully saturated rings. The Morgan fingerprint density at radius 2 is 2.29 bits per heavy atom. The van der Waals surface area contributed by atoms with Gasteiger partial charge in [0, 0.05) is 13.0 Å². The van der Waals surface area contributed by atoms with Crippen LogP contribution < -0.4 is 0 Å². The Bertz CT molecular complexity index is 335. The molecule has 2 rings (SSSR count). The quantitative estimate of drug-likeness (QED) is 0.688. The summed E-state index contributed by atoms with van der Waals surface area (Å²) in [6.45, 7) is 2.00. The molecule has 0 aromatic heterocycles. The first-order chi connectivity index (χ1) is 7.94. The summed E-state index contributed by atoms with van der Waals surface area (Å²) in [4.78, 5) is 9.37. The summed E-state index contributed by atoms with van der Waals surface area (Å²) < 4.78 is 31.9. The van der Waals surface area contributed by atoms with E-state index in [2.05, 4.69) is 4.52 Å². The van der Waals surface area contributed by atoms with Gasteiger partial charge in [-0.3, -0.25) is 9.05 Å². The maximum Gasteiger partial charge on any atom is 0.472 e. The zero-order valence-electron chi connectivity index (χ0n) is 9.74. The normalized spacial score (nSPS) is 44.6. The van der Waals surface area contributed by atoms with Gasteiger partial charge in [0.2, 0.25) is 0 Å². The van der Waals surface area contributed by atoms with Crippen molar-refractivity contribution in [3.05, 3.63) is 0 Å². The van der Waals surface area contributed by atoms with E-state index in [1.807, 2.05) is 6.92 Å². The highest BCUT2D eigenvalue weighted by atomic mass is 31.2. The van der Waals surface area contributed by atoms with Gasteiger partial charge in [-0.2, -0.15) is 0 Å². The molecule has 2 N–H and O–H groups in total. The number of hydrogen-bond acceptors (Lipinski definition) is 6. The molecule has 2 heterocycles. The van der Waals surface area contributed by atoms with E-state index in [-0.39, 0.29) is 25.2 Å². The van der Waals surface area contributed by atoms with Crippen molar-refractivity contribution in [2.24, 2.45) is 5.92 Å². The Hall–Kier alpha value is -0.0100. The molecule has 100 valence electrons. The highest BCUT2D eigenvalue weighted by Crippen LogP contribution is 2.51. The lowest BCUT2D eigenvalue weighted by Gasteiger charge is -2.37. The SMILES string of the molecule is COP(=O)(O)OC1[C@@H]2COC[C@]1(CO)O[C@H]2C. The van der Waals surface area contributed by atoms with Crippen molar-refractivity contribution in [2.75, 3.05) is 26.9 Å².